The Kier molecular flexibility index (Phi) is 6.93. The second kappa shape index (κ2) is 9.84. The molecule has 3 aliphatic rings. The Hall–Kier alpha value is -2.37. The van der Waals surface area contributed by atoms with Gasteiger partial charge in [0.05, 0.1) is 24.8 Å². The Balaban J connectivity index is 1.50. The minimum absolute atomic E-state index is 0.0857. The number of nitrogens with zero attached hydrogens (tertiary/aromatic N) is 4. The summed E-state index contributed by atoms with van der Waals surface area (Å²) < 4.78 is 8.01. The minimum Gasteiger partial charge on any atom is -0.376 e. The molecule has 0 bridgehead atoms. The van der Waals surface area contributed by atoms with E-state index >= 15 is 0 Å². The van der Waals surface area contributed by atoms with E-state index in [1.807, 2.05) is 4.90 Å². The van der Waals surface area contributed by atoms with E-state index in [0.717, 1.165) is 70.2 Å². The van der Waals surface area contributed by atoms with Crippen molar-refractivity contribution in [2.75, 3.05) is 44.6 Å². The average Bonchev–Trinajstić information content (AvgIpc) is 3.29. The van der Waals surface area contributed by atoms with Gasteiger partial charge in [-0.25, -0.2) is 0 Å². The van der Waals surface area contributed by atoms with E-state index in [1.165, 1.54) is 5.69 Å². The Labute approximate surface area is 184 Å². The van der Waals surface area contributed by atoms with Crippen molar-refractivity contribution in [2.45, 2.75) is 64.5 Å². The Morgan fingerprint density at radius 2 is 1.97 bits per heavy atom. The second-order valence-electron chi connectivity index (χ2n) is 8.90. The molecule has 31 heavy (non-hydrogen) atoms. The van der Waals surface area contributed by atoms with E-state index in [1.54, 1.807) is 6.92 Å². The molecule has 1 aromatic heterocycles. The van der Waals surface area contributed by atoms with Gasteiger partial charge in [0.2, 0.25) is 11.8 Å². The van der Waals surface area contributed by atoms with Gasteiger partial charge >= 0.3 is 0 Å². The normalized spacial score (nSPS) is 21.9. The molecule has 8 heteroatoms. The molecular formula is C23H33N5O3. The molecule has 2 amide bonds. The quantitative estimate of drug-likeness (QED) is 0.775. The van der Waals surface area contributed by atoms with Crippen molar-refractivity contribution in [3.63, 3.8) is 0 Å². The van der Waals surface area contributed by atoms with Crippen molar-refractivity contribution in [2.24, 2.45) is 0 Å². The zero-order valence-corrected chi connectivity index (χ0v) is 18.5. The van der Waals surface area contributed by atoms with E-state index in [9.17, 15) is 14.9 Å². The first-order valence-electron chi connectivity index (χ1n) is 11.6. The maximum Gasteiger partial charge on any atom is 0.239 e. The fourth-order valence-electron chi connectivity index (χ4n) is 5.13. The van der Waals surface area contributed by atoms with Crippen LogP contribution in [0.5, 0.6) is 0 Å². The Morgan fingerprint density at radius 1 is 1.13 bits per heavy atom. The molecule has 3 heterocycles. The largest absolute Gasteiger partial charge is 0.376 e. The number of hydrogen-bond acceptors (Lipinski definition) is 5. The molecule has 0 spiro atoms. The average molecular weight is 428 g/mol. The van der Waals surface area contributed by atoms with Gasteiger partial charge in [0.1, 0.15) is 11.9 Å². The Morgan fingerprint density at radius 3 is 2.71 bits per heavy atom. The van der Waals surface area contributed by atoms with E-state index in [2.05, 4.69) is 20.9 Å². The molecule has 168 valence electrons. The number of amides is 2. The van der Waals surface area contributed by atoms with E-state index in [4.69, 9.17) is 4.74 Å². The highest BCUT2D eigenvalue weighted by Crippen LogP contribution is 2.34. The summed E-state index contributed by atoms with van der Waals surface area (Å²) in [6.45, 7) is 6.20. The number of aromatic nitrogens is 1. The zero-order chi connectivity index (χ0) is 21.8. The standard InChI is InChI=1S/C23H33N5O3/c1-17(29)27-10-5-9-26(11-12-27)16-22(30)25-23-20(14-24)19-7-2-3-8-21(19)28(23)15-18-6-4-13-31-18/h18H,2-13,15-16H2,1H3,(H,25,30). The van der Waals surface area contributed by atoms with Gasteiger partial charge in [0.15, 0.2) is 0 Å². The van der Waals surface area contributed by atoms with Crippen LogP contribution in [0.1, 0.15) is 55.8 Å². The van der Waals surface area contributed by atoms with Gasteiger partial charge in [-0.3, -0.25) is 14.5 Å². The highest BCUT2D eigenvalue weighted by molar-refractivity contribution is 5.93. The molecule has 1 N–H and O–H groups in total. The number of carbonyl (C=O) groups excluding carboxylic acids is 2. The van der Waals surface area contributed by atoms with Crippen molar-refractivity contribution in [1.29, 1.82) is 5.26 Å². The smallest absolute Gasteiger partial charge is 0.239 e. The number of hydrogen-bond donors (Lipinski definition) is 1. The third kappa shape index (κ3) is 4.94. The number of nitriles is 1. The first kappa shape index (κ1) is 21.8. The first-order chi connectivity index (χ1) is 15.1. The molecule has 2 aliphatic heterocycles. The van der Waals surface area contributed by atoms with Gasteiger partial charge < -0.3 is 19.5 Å². The number of fused-ring (bicyclic) bond motifs is 1. The lowest BCUT2D eigenvalue weighted by Gasteiger charge is -2.22. The van der Waals surface area contributed by atoms with Crippen molar-refractivity contribution < 1.29 is 14.3 Å². The van der Waals surface area contributed by atoms with Gasteiger partial charge in [-0.1, -0.05) is 0 Å². The summed E-state index contributed by atoms with van der Waals surface area (Å²) in [7, 11) is 0. The molecule has 1 atom stereocenters. The van der Waals surface area contributed by atoms with Crippen LogP contribution in [0.4, 0.5) is 5.82 Å². The highest BCUT2D eigenvalue weighted by Gasteiger charge is 2.29. The number of carbonyl (C=O) groups is 2. The molecule has 0 saturated carbocycles. The van der Waals surface area contributed by atoms with Crippen LogP contribution in [0.25, 0.3) is 0 Å². The molecule has 0 aromatic carbocycles. The summed E-state index contributed by atoms with van der Waals surface area (Å²) in [4.78, 5) is 28.6. The van der Waals surface area contributed by atoms with Crippen LogP contribution < -0.4 is 5.32 Å². The van der Waals surface area contributed by atoms with Crippen molar-refractivity contribution in [1.82, 2.24) is 14.4 Å². The Bertz CT molecular complexity index is 866. The summed E-state index contributed by atoms with van der Waals surface area (Å²) in [6, 6.07) is 2.37. The number of nitrogens with one attached hydrogen (secondary N) is 1. The van der Waals surface area contributed by atoms with E-state index in [0.29, 0.717) is 31.0 Å². The lowest BCUT2D eigenvalue weighted by atomic mass is 9.95. The molecule has 2 fully saturated rings. The van der Waals surface area contributed by atoms with Gasteiger partial charge in [-0.15, -0.1) is 0 Å². The van der Waals surface area contributed by atoms with Crippen LogP contribution in [0.15, 0.2) is 0 Å². The zero-order valence-electron chi connectivity index (χ0n) is 18.5. The molecule has 1 aromatic rings. The molecule has 4 rings (SSSR count). The first-order valence-corrected chi connectivity index (χ1v) is 11.6. The maximum absolute atomic E-state index is 13.0. The third-order valence-corrected chi connectivity index (χ3v) is 6.75. The van der Waals surface area contributed by atoms with Crippen molar-refractivity contribution >= 4 is 17.6 Å². The number of ether oxygens (including phenoxy) is 1. The lowest BCUT2D eigenvalue weighted by Crippen LogP contribution is -2.37. The predicted molar refractivity (Wildman–Crippen MR) is 117 cm³/mol. The van der Waals surface area contributed by atoms with Gasteiger partial charge in [0.25, 0.3) is 0 Å². The van der Waals surface area contributed by atoms with Gasteiger partial charge in [-0.05, 0) is 50.5 Å². The molecule has 2 saturated heterocycles. The number of rotatable bonds is 5. The highest BCUT2D eigenvalue weighted by atomic mass is 16.5. The summed E-state index contributed by atoms with van der Waals surface area (Å²) in [5, 5.41) is 13.0. The summed E-state index contributed by atoms with van der Waals surface area (Å²) in [5.41, 5.74) is 2.93. The fraction of sp³-hybridized carbons (Fsp3) is 0.696. The predicted octanol–water partition coefficient (Wildman–Crippen LogP) is 1.91. The lowest BCUT2D eigenvalue weighted by molar-refractivity contribution is -0.128. The third-order valence-electron chi connectivity index (χ3n) is 6.75. The molecule has 1 aliphatic carbocycles. The van der Waals surface area contributed by atoms with Crippen LogP contribution in [0.2, 0.25) is 0 Å². The monoisotopic (exact) mass is 427 g/mol. The van der Waals surface area contributed by atoms with Crippen molar-refractivity contribution in [3.8, 4) is 6.07 Å². The van der Waals surface area contributed by atoms with Crippen LogP contribution in [0.3, 0.4) is 0 Å². The SMILES string of the molecule is CC(=O)N1CCCN(CC(=O)Nc2c(C#N)c3c(n2CC2CCCO2)CCCC3)CC1. The van der Waals surface area contributed by atoms with Crippen LogP contribution >= 0.6 is 0 Å². The van der Waals surface area contributed by atoms with Crippen LogP contribution in [-0.2, 0) is 33.7 Å². The molecule has 8 nitrogen and oxygen atoms in total. The van der Waals surface area contributed by atoms with Crippen LogP contribution in [-0.4, -0.2) is 71.6 Å². The van der Waals surface area contributed by atoms with Crippen molar-refractivity contribution in [3.05, 3.63) is 16.8 Å². The molecule has 0 radical (unpaired) electrons. The minimum atomic E-state index is -0.101. The van der Waals surface area contributed by atoms with E-state index in [-0.39, 0.29) is 24.5 Å². The van der Waals surface area contributed by atoms with Gasteiger partial charge in [-0.2, -0.15) is 5.26 Å². The maximum atomic E-state index is 13.0. The summed E-state index contributed by atoms with van der Waals surface area (Å²) in [6.07, 6.45) is 7.12. The van der Waals surface area contributed by atoms with E-state index < -0.39 is 0 Å². The van der Waals surface area contributed by atoms with Crippen LogP contribution in [0, 0.1) is 11.3 Å². The second-order valence-corrected chi connectivity index (χ2v) is 8.90. The fourth-order valence-corrected chi connectivity index (χ4v) is 5.13. The molecule has 1 unspecified atom stereocenters. The number of anilines is 1. The summed E-state index contributed by atoms with van der Waals surface area (Å²) in [5.74, 6) is 0.633. The van der Waals surface area contributed by atoms with Gasteiger partial charge in [0, 0.05) is 45.4 Å². The molecular weight excluding hydrogens is 394 g/mol. The topological polar surface area (TPSA) is 90.6 Å². The summed E-state index contributed by atoms with van der Waals surface area (Å²) >= 11 is 0.